The minimum absolute atomic E-state index is 0.110. The fourth-order valence-corrected chi connectivity index (χ4v) is 3.74. The van der Waals surface area contributed by atoms with E-state index in [4.69, 9.17) is 27.9 Å². The summed E-state index contributed by atoms with van der Waals surface area (Å²) in [6.45, 7) is -0.418. The monoisotopic (exact) mass is 554 g/mol. The van der Waals surface area contributed by atoms with Crippen LogP contribution in [0.5, 0.6) is 5.75 Å². The van der Waals surface area contributed by atoms with Crippen molar-refractivity contribution in [3.05, 3.63) is 98.0 Å². The van der Waals surface area contributed by atoms with Gasteiger partial charge >= 0.3 is 6.03 Å². The molecule has 1 fully saturated rings. The average molecular weight is 555 g/mol. The van der Waals surface area contributed by atoms with Gasteiger partial charge in [-0.1, -0.05) is 29.3 Å². The molecule has 1 heterocycles. The predicted molar refractivity (Wildman–Crippen MR) is 139 cm³/mol. The van der Waals surface area contributed by atoms with Crippen molar-refractivity contribution in [3.63, 3.8) is 0 Å². The molecule has 3 aromatic rings. The van der Waals surface area contributed by atoms with Crippen LogP contribution in [0.15, 0.2) is 72.3 Å². The highest BCUT2D eigenvalue weighted by atomic mass is 35.5. The number of amides is 5. The number of nitro benzene ring substituents is 1. The molecule has 13 heteroatoms. The zero-order valence-electron chi connectivity index (χ0n) is 19.1. The number of urea groups is 1. The second-order valence-electron chi connectivity index (χ2n) is 7.76. The maximum Gasteiger partial charge on any atom is 0.335 e. The van der Waals surface area contributed by atoms with Gasteiger partial charge in [0, 0.05) is 33.4 Å². The minimum atomic E-state index is -1.07. The number of nitrogens with one attached hydrogen (secondary N) is 2. The van der Waals surface area contributed by atoms with Gasteiger partial charge in [0.15, 0.2) is 6.61 Å². The van der Waals surface area contributed by atoms with Crippen molar-refractivity contribution in [3.8, 4) is 5.75 Å². The van der Waals surface area contributed by atoms with Crippen LogP contribution >= 0.6 is 23.2 Å². The number of rotatable bonds is 7. The number of ether oxygens (including phenoxy) is 1. The van der Waals surface area contributed by atoms with Gasteiger partial charge in [-0.3, -0.25) is 29.8 Å². The van der Waals surface area contributed by atoms with Gasteiger partial charge in [0.05, 0.1) is 10.6 Å². The lowest BCUT2D eigenvalue weighted by Gasteiger charge is -2.26. The Bertz CT molecular complexity index is 1510. The minimum Gasteiger partial charge on any atom is -0.483 e. The van der Waals surface area contributed by atoms with E-state index in [9.17, 15) is 29.3 Å². The molecule has 3 aromatic carbocycles. The summed E-state index contributed by atoms with van der Waals surface area (Å²) < 4.78 is 5.60. The molecule has 192 valence electrons. The Morgan fingerprint density at radius 3 is 2.45 bits per heavy atom. The molecule has 0 unspecified atom stereocenters. The number of carbonyl (C=O) groups excluding carboxylic acids is 4. The van der Waals surface area contributed by atoms with E-state index in [1.165, 1.54) is 36.4 Å². The van der Waals surface area contributed by atoms with Crippen LogP contribution in [-0.2, 0) is 14.4 Å². The van der Waals surface area contributed by atoms with E-state index >= 15 is 0 Å². The molecule has 4 rings (SSSR count). The normalized spacial score (nSPS) is 14.3. The van der Waals surface area contributed by atoms with E-state index in [0.717, 1.165) is 12.1 Å². The largest absolute Gasteiger partial charge is 0.483 e. The highest BCUT2D eigenvalue weighted by Crippen LogP contribution is 2.29. The van der Waals surface area contributed by atoms with E-state index in [1.54, 1.807) is 24.3 Å². The molecular formula is C25H16Cl2N4O7. The molecule has 0 atom stereocenters. The molecule has 0 bridgehead atoms. The third-order valence-corrected chi connectivity index (χ3v) is 5.65. The van der Waals surface area contributed by atoms with E-state index in [-0.39, 0.29) is 27.7 Å². The molecule has 2 N–H and O–H groups in total. The van der Waals surface area contributed by atoms with Crippen LogP contribution in [0.2, 0.25) is 10.0 Å². The average Bonchev–Trinajstić information content (AvgIpc) is 2.87. The number of halogens is 2. The van der Waals surface area contributed by atoms with Crippen LogP contribution in [0.3, 0.4) is 0 Å². The Kier molecular flexibility index (Phi) is 7.70. The molecule has 0 radical (unpaired) electrons. The van der Waals surface area contributed by atoms with Crippen LogP contribution in [-0.4, -0.2) is 35.3 Å². The summed E-state index contributed by atoms with van der Waals surface area (Å²) in [5.41, 5.74) is -0.260. The van der Waals surface area contributed by atoms with E-state index in [0.29, 0.717) is 15.6 Å². The van der Waals surface area contributed by atoms with Gasteiger partial charge in [-0.15, -0.1) is 0 Å². The van der Waals surface area contributed by atoms with Crippen LogP contribution in [0.4, 0.5) is 21.9 Å². The number of nitro groups is 1. The van der Waals surface area contributed by atoms with Crippen LogP contribution in [0, 0.1) is 10.1 Å². The summed E-state index contributed by atoms with van der Waals surface area (Å²) >= 11 is 11.9. The fraction of sp³-hybridized carbons (Fsp3) is 0.0400. The smallest absolute Gasteiger partial charge is 0.335 e. The Hall–Kier alpha value is -4.74. The summed E-state index contributed by atoms with van der Waals surface area (Å²) in [5, 5.41) is 16.5. The highest BCUT2D eigenvalue weighted by Gasteiger charge is 2.37. The number of nitrogens with zero attached hydrogens (tertiary/aromatic N) is 2. The number of benzene rings is 3. The number of hydrogen-bond acceptors (Lipinski definition) is 7. The number of barbiturate groups is 1. The number of carbonyl (C=O) groups is 4. The molecule has 5 amide bonds. The van der Waals surface area contributed by atoms with Gasteiger partial charge < -0.3 is 10.1 Å². The molecular weight excluding hydrogens is 539 g/mol. The summed E-state index contributed by atoms with van der Waals surface area (Å²) in [7, 11) is 0. The molecule has 38 heavy (non-hydrogen) atoms. The van der Waals surface area contributed by atoms with E-state index in [2.05, 4.69) is 5.32 Å². The number of hydrogen-bond donors (Lipinski definition) is 2. The van der Waals surface area contributed by atoms with Gasteiger partial charge in [0.2, 0.25) is 0 Å². The van der Waals surface area contributed by atoms with Crippen LogP contribution < -0.4 is 20.3 Å². The van der Waals surface area contributed by atoms with Gasteiger partial charge in [-0.25, -0.2) is 9.69 Å². The number of anilines is 2. The maximum absolute atomic E-state index is 13.2. The fourth-order valence-electron chi connectivity index (χ4n) is 3.43. The summed E-state index contributed by atoms with van der Waals surface area (Å²) in [6, 6.07) is 14.5. The van der Waals surface area contributed by atoms with Crippen molar-refractivity contribution < 1.29 is 28.8 Å². The van der Waals surface area contributed by atoms with Crippen molar-refractivity contribution in [1.29, 1.82) is 0 Å². The molecule has 0 aromatic heterocycles. The first-order valence-electron chi connectivity index (χ1n) is 10.8. The summed E-state index contributed by atoms with van der Waals surface area (Å²) in [4.78, 5) is 61.6. The standard InChI is InChI=1S/C25H16Cl2N4O7/c26-15-4-7-17(8-5-15)28-22(32)13-38-21-9-6-16(27)10-14(21)11-20-23(33)29-25(35)30(24(20)34)18-2-1-3-19(12-18)31(36)37/h1-12H,13H2,(H,28,32)(H,29,33,35)/b20-11+. The quantitative estimate of drug-likeness (QED) is 0.188. The van der Waals surface area contributed by atoms with Crippen molar-refractivity contribution in [2.75, 3.05) is 16.8 Å². The molecule has 0 aliphatic carbocycles. The number of imide groups is 2. The Morgan fingerprint density at radius 1 is 1.03 bits per heavy atom. The van der Waals surface area contributed by atoms with Crippen molar-refractivity contribution >= 4 is 70.1 Å². The molecule has 0 saturated carbocycles. The van der Waals surface area contributed by atoms with Gasteiger partial charge in [-0.2, -0.15) is 0 Å². The van der Waals surface area contributed by atoms with Crippen LogP contribution in [0.25, 0.3) is 6.08 Å². The van der Waals surface area contributed by atoms with Crippen molar-refractivity contribution in [2.24, 2.45) is 0 Å². The van der Waals surface area contributed by atoms with Crippen molar-refractivity contribution in [2.45, 2.75) is 0 Å². The molecule has 0 spiro atoms. The SMILES string of the molecule is O=C(COc1ccc(Cl)cc1/C=C1\C(=O)NC(=O)N(c2cccc([N+](=O)[O-])c2)C1=O)Nc1ccc(Cl)cc1. The highest BCUT2D eigenvalue weighted by molar-refractivity contribution is 6.39. The molecule has 1 aliphatic rings. The number of non-ortho nitro benzene ring substituents is 1. The van der Waals surface area contributed by atoms with Crippen molar-refractivity contribution in [1.82, 2.24) is 5.32 Å². The van der Waals surface area contributed by atoms with Gasteiger partial charge in [-0.05, 0) is 54.6 Å². The van der Waals surface area contributed by atoms with E-state index in [1.807, 2.05) is 5.32 Å². The first kappa shape index (κ1) is 26.3. The zero-order valence-corrected chi connectivity index (χ0v) is 20.7. The summed E-state index contributed by atoms with van der Waals surface area (Å²) in [6.07, 6.45) is 1.15. The third kappa shape index (κ3) is 5.97. The Balaban J connectivity index is 1.59. The summed E-state index contributed by atoms with van der Waals surface area (Å²) in [5.74, 6) is -2.39. The first-order chi connectivity index (χ1) is 18.1. The van der Waals surface area contributed by atoms with Gasteiger partial charge in [0.1, 0.15) is 11.3 Å². The van der Waals surface area contributed by atoms with E-state index < -0.39 is 40.9 Å². The second-order valence-corrected chi connectivity index (χ2v) is 8.63. The Labute approximate surface area is 224 Å². The third-order valence-electron chi connectivity index (χ3n) is 5.16. The topological polar surface area (TPSA) is 148 Å². The lowest BCUT2D eigenvalue weighted by Crippen LogP contribution is -2.54. The van der Waals surface area contributed by atoms with Crippen LogP contribution in [0.1, 0.15) is 5.56 Å². The second kappa shape index (κ2) is 11.1. The predicted octanol–water partition coefficient (Wildman–Crippen LogP) is 4.59. The lowest BCUT2D eigenvalue weighted by atomic mass is 10.1. The maximum atomic E-state index is 13.2. The molecule has 1 saturated heterocycles. The zero-order chi connectivity index (χ0) is 27.4. The lowest BCUT2D eigenvalue weighted by molar-refractivity contribution is -0.384. The first-order valence-corrected chi connectivity index (χ1v) is 11.5. The van der Waals surface area contributed by atoms with Gasteiger partial charge in [0.25, 0.3) is 23.4 Å². The molecule has 11 nitrogen and oxygen atoms in total. The Morgan fingerprint density at radius 2 is 1.74 bits per heavy atom. The molecule has 1 aliphatic heterocycles.